The third-order valence-corrected chi connectivity index (χ3v) is 3.16. The third kappa shape index (κ3) is 3.56. The van der Waals surface area contributed by atoms with Crippen LogP contribution in [0.25, 0.3) is 10.8 Å². The molecule has 0 bridgehead atoms. The Balaban J connectivity index is 2.07. The Hall–Kier alpha value is -1.91. The third-order valence-electron chi connectivity index (χ3n) is 3.16. The van der Waals surface area contributed by atoms with Crippen LogP contribution in [0.1, 0.15) is 18.5 Å². The van der Waals surface area contributed by atoms with E-state index in [0.29, 0.717) is 13.2 Å². The summed E-state index contributed by atoms with van der Waals surface area (Å²) in [5.74, 6) is -0.126. The molecular formula is C16H20N2O2. The van der Waals surface area contributed by atoms with E-state index in [9.17, 15) is 4.79 Å². The second kappa shape index (κ2) is 7.03. The molecule has 0 aliphatic heterocycles. The van der Waals surface area contributed by atoms with Gasteiger partial charge in [-0.15, -0.1) is 0 Å². The van der Waals surface area contributed by atoms with Gasteiger partial charge in [-0.05, 0) is 23.3 Å². The SMILES string of the molecule is CC(NC(=O)COCCN)c1cccc2ccccc12. The Bertz CT molecular complexity index is 578. The smallest absolute Gasteiger partial charge is 0.246 e. The zero-order valence-electron chi connectivity index (χ0n) is 11.6. The van der Waals surface area contributed by atoms with E-state index in [0.717, 1.165) is 10.9 Å². The molecule has 0 heterocycles. The quantitative estimate of drug-likeness (QED) is 0.790. The van der Waals surface area contributed by atoms with E-state index in [1.807, 2.05) is 31.2 Å². The summed E-state index contributed by atoms with van der Waals surface area (Å²) in [6.07, 6.45) is 0. The summed E-state index contributed by atoms with van der Waals surface area (Å²) in [5.41, 5.74) is 6.42. The van der Waals surface area contributed by atoms with Crippen molar-refractivity contribution >= 4 is 16.7 Å². The van der Waals surface area contributed by atoms with Gasteiger partial charge in [0.15, 0.2) is 0 Å². The van der Waals surface area contributed by atoms with Gasteiger partial charge in [0.2, 0.25) is 5.91 Å². The van der Waals surface area contributed by atoms with E-state index in [1.54, 1.807) is 0 Å². The molecule has 0 aliphatic carbocycles. The number of carbonyl (C=O) groups excluding carboxylic acids is 1. The molecule has 3 N–H and O–H groups in total. The van der Waals surface area contributed by atoms with Crippen molar-refractivity contribution in [2.75, 3.05) is 19.8 Å². The molecule has 2 aromatic carbocycles. The van der Waals surface area contributed by atoms with Gasteiger partial charge in [0.1, 0.15) is 6.61 Å². The molecule has 0 aromatic heterocycles. The monoisotopic (exact) mass is 272 g/mol. The van der Waals surface area contributed by atoms with Crippen LogP contribution in [0.5, 0.6) is 0 Å². The highest BCUT2D eigenvalue weighted by molar-refractivity contribution is 5.87. The number of nitrogens with one attached hydrogen (secondary N) is 1. The summed E-state index contributed by atoms with van der Waals surface area (Å²) in [6, 6.07) is 14.2. The molecule has 1 amide bonds. The number of ether oxygens (including phenoxy) is 1. The van der Waals surface area contributed by atoms with E-state index in [-0.39, 0.29) is 18.6 Å². The van der Waals surface area contributed by atoms with Crippen LogP contribution < -0.4 is 11.1 Å². The topological polar surface area (TPSA) is 64.3 Å². The molecule has 1 atom stereocenters. The van der Waals surface area contributed by atoms with Crippen molar-refractivity contribution < 1.29 is 9.53 Å². The lowest BCUT2D eigenvalue weighted by Gasteiger charge is -2.16. The Morgan fingerprint density at radius 1 is 1.25 bits per heavy atom. The Morgan fingerprint density at radius 3 is 2.80 bits per heavy atom. The summed E-state index contributed by atoms with van der Waals surface area (Å²) in [6.45, 7) is 2.84. The minimum absolute atomic E-state index is 0.0479. The minimum atomic E-state index is -0.126. The number of rotatable bonds is 6. The molecule has 0 radical (unpaired) electrons. The largest absolute Gasteiger partial charge is 0.370 e. The van der Waals surface area contributed by atoms with Crippen LogP contribution in [0.4, 0.5) is 0 Å². The van der Waals surface area contributed by atoms with Gasteiger partial charge in [0, 0.05) is 6.54 Å². The Morgan fingerprint density at radius 2 is 2.00 bits per heavy atom. The molecule has 106 valence electrons. The van der Waals surface area contributed by atoms with Crippen LogP contribution in [-0.2, 0) is 9.53 Å². The zero-order valence-corrected chi connectivity index (χ0v) is 11.6. The van der Waals surface area contributed by atoms with Crippen LogP contribution in [0, 0.1) is 0 Å². The van der Waals surface area contributed by atoms with Gasteiger partial charge in [0.25, 0.3) is 0 Å². The second-order valence-corrected chi connectivity index (χ2v) is 4.70. The first kappa shape index (κ1) is 14.5. The molecule has 0 spiro atoms. The highest BCUT2D eigenvalue weighted by Crippen LogP contribution is 2.23. The van der Waals surface area contributed by atoms with Crippen molar-refractivity contribution in [2.24, 2.45) is 5.73 Å². The number of hydrogen-bond donors (Lipinski definition) is 2. The first-order valence-corrected chi connectivity index (χ1v) is 6.77. The summed E-state index contributed by atoms with van der Waals surface area (Å²) < 4.78 is 5.13. The molecular weight excluding hydrogens is 252 g/mol. The zero-order chi connectivity index (χ0) is 14.4. The lowest BCUT2D eigenvalue weighted by molar-refractivity contribution is -0.126. The first-order chi connectivity index (χ1) is 9.72. The van der Waals surface area contributed by atoms with Crippen LogP contribution in [0.2, 0.25) is 0 Å². The normalized spacial score (nSPS) is 12.3. The van der Waals surface area contributed by atoms with Crippen LogP contribution in [-0.4, -0.2) is 25.7 Å². The predicted octanol–water partition coefficient (Wildman–Crippen LogP) is 1.99. The summed E-state index contributed by atoms with van der Waals surface area (Å²) in [7, 11) is 0. The number of hydrogen-bond acceptors (Lipinski definition) is 3. The predicted molar refractivity (Wildman–Crippen MR) is 80.4 cm³/mol. The Kier molecular flexibility index (Phi) is 5.09. The molecule has 0 saturated heterocycles. The fraction of sp³-hybridized carbons (Fsp3) is 0.312. The average molecular weight is 272 g/mol. The maximum Gasteiger partial charge on any atom is 0.246 e. The highest BCUT2D eigenvalue weighted by Gasteiger charge is 2.11. The standard InChI is InChI=1S/C16H20N2O2/c1-12(18-16(19)11-20-10-9-17)14-8-4-6-13-5-2-3-7-15(13)14/h2-8,12H,9-11,17H2,1H3,(H,18,19). The maximum atomic E-state index is 11.8. The van der Waals surface area contributed by atoms with Crippen molar-refractivity contribution in [2.45, 2.75) is 13.0 Å². The van der Waals surface area contributed by atoms with Gasteiger partial charge in [-0.3, -0.25) is 4.79 Å². The van der Waals surface area contributed by atoms with E-state index in [4.69, 9.17) is 10.5 Å². The number of fused-ring (bicyclic) bond motifs is 1. The molecule has 2 rings (SSSR count). The summed E-state index contributed by atoms with van der Waals surface area (Å²) >= 11 is 0. The van der Waals surface area contributed by atoms with Gasteiger partial charge in [-0.25, -0.2) is 0 Å². The van der Waals surface area contributed by atoms with Gasteiger partial charge in [0.05, 0.1) is 12.6 Å². The van der Waals surface area contributed by atoms with Gasteiger partial charge in [-0.1, -0.05) is 42.5 Å². The molecule has 0 aliphatic rings. The molecule has 2 aromatic rings. The van der Waals surface area contributed by atoms with Gasteiger partial charge in [-0.2, -0.15) is 0 Å². The number of nitrogens with two attached hydrogens (primary N) is 1. The number of amides is 1. The first-order valence-electron chi connectivity index (χ1n) is 6.77. The molecule has 0 fully saturated rings. The van der Waals surface area contributed by atoms with Crippen molar-refractivity contribution in [3.63, 3.8) is 0 Å². The fourth-order valence-corrected chi connectivity index (χ4v) is 2.24. The van der Waals surface area contributed by atoms with Gasteiger partial charge >= 0.3 is 0 Å². The summed E-state index contributed by atoms with van der Waals surface area (Å²) in [4.78, 5) is 11.8. The van der Waals surface area contributed by atoms with E-state index in [1.165, 1.54) is 5.39 Å². The number of benzene rings is 2. The van der Waals surface area contributed by atoms with E-state index >= 15 is 0 Å². The second-order valence-electron chi connectivity index (χ2n) is 4.70. The molecule has 20 heavy (non-hydrogen) atoms. The van der Waals surface area contributed by atoms with Crippen LogP contribution >= 0.6 is 0 Å². The molecule has 4 nitrogen and oxygen atoms in total. The highest BCUT2D eigenvalue weighted by atomic mass is 16.5. The minimum Gasteiger partial charge on any atom is -0.370 e. The maximum absolute atomic E-state index is 11.8. The van der Waals surface area contributed by atoms with Crippen molar-refractivity contribution in [3.05, 3.63) is 48.0 Å². The molecule has 1 unspecified atom stereocenters. The Labute approximate surface area is 118 Å². The van der Waals surface area contributed by atoms with Crippen molar-refractivity contribution in [1.29, 1.82) is 0 Å². The lowest BCUT2D eigenvalue weighted by Crippen LogP contribution is -2.31. The molecule has 0 saturated carbocycles. The van der Waals surface area contributed by atoms with Crippen LogP contribution in [0.15, 0.2) is 42.5 Å². The fourth-order valence-electron chi connectivity index (χ4n) is 2.24. The van der Waals surface area contributed by atoms with Crippen molar-refractivity contribution in [1.82, 2.24) is 5.32 Å². The van der Waals surface area contributed by atoms with Crippen LogP contribution in [0.3, 0.4) is 0 Å². The summed E-state index contributed by atoms with van der Waals surface area (Å²) in [5, 5.41) is 5.27. The lowest BCUT2D eigenvalue weighted by atomic mass is 10.00. The van der Waals surface area contributed by atoms with Gasteiger partial charge < -0.3 is 15.8 Å². The number of carbonyl (C=O) groups is 1. The average Bonchev–Trinajstić information content (AvgIpc) is 2.47. The van der Waals surface area contributed by atoms with Crippen molar-refractivity contribution in [3.8, 4) is 0 Å². The van der Waals surface area contributed by atoms with E-state index < -0.39 is 0 Å². The molecule has 4 heteroatoms. The van der Waals surface area contributed by atoms with E-state index in [2.05, 4.69) is 23.5 Å².